The van der Waals surface area contributed by atoms with E-state index in [9.17, 15) is 18.0 Å². The van der Waals surface area contributed by atoms with Crippen LogP contribution < -0.4 is 10.2 Å². The second kappa shape index (κ2) is 9.79. The molecule has 1 N–H and O–H groups in total. The molecule has 1 aliphatic heterocycles. The smallest absolute Gasteiger partial charge is 0.368 e. The Balaban J connectivity index is 1.67. The van der Waals surface area contributed by atoms with Crippen molar-refractivity contribution in [2.75, 3.05) is 23.3 Å². The van der Waals surface area contributed by atoms with Crippen LogP contribution in [0.3, 0.4) is 0 Å². The molecule has 0 spiro atoms. The normalized spacial score (nSPS) is 18.6. The van der Waals surface area contributed by atoms with E-state index >= 15 is 0 Å². The Hall–Kier alpha value is -3.49. The summed E-state index contributed by atoms with van der Waals surface area (Å²) < 4.78 is 38.6. The van der Waals surface area contributed by atoms with E-state index in [1.807, 2.05) is 13.0 Å². The van der Waals surface area contributed by atoms with Gasteiger partial charge in [-0.15, -0.1) is 0 Å². The van der Waals surface area contributed by atoms with Crippen molar-refractivity contribution in [3.05, 3.63) is 65.6 Å². The first-order valence-corrected chi connectivity index (χ1v) is 11.2. The summed E-state index contributed by atoms with van der Waals surface area (Å²) in [5, 5.41) is 3.21. The SMILES string of the molecule is Cc1ccc(C=O)c(-c2ncccn2)c1N1CCCC(C)C1CNc1ccc(C(F)(F)F)cn1. The molecule has 1 aromatic carbocycles. The predicted octanol–water partition coefficient (Wildman–Crippen LogP) is 5.40. The predicted molar refractivity (Wildman–Crippen MR) is 125 cm³/mol. The molecule has 6 nitrogen and oxygen atoms in total. The van der Waals surface area contributed by atoms with Crippen molar-refractivity contribution in [1.82, 2.24) is 15.0 Å². The van der Waals surface area contributed by atoms with Crippen LogP contribution in [-0.2, 0) is 6.18 Å². The van der Waals surface area contributed by atoms with Gasteiger partial charge in [0.15, 0.2) is 12.1 Å². The molecule has 0 amide bonds. The minimum absolute atomic E-state index is 0.0286. The second-order valence-corrected chi connectivity index (χ2v) is 8.58. The molecule has 4 rings (SSSR count). The molecular weight excluding hydrogens is 443 g/mol. The van der Waals surface area contributed by atoms with Crippen LogP contribution in [0.25, 0.3) is 11.4 Å². The molecule has 2 atom stereocenters. The molecule has 2 aromatic heterocycles. The van der Waals surface area contributed by atoms with Gasteiger partial charge in [0.05, 0.1) is 16.8 Å². The summed E-state index contributed by atoms with van der Waals surface area (Å²) in [7, 11) is 0. The quantitative estimate of drug-likeness (QED) is 0.488. The Morgan fingerprint density at radius 3 is 2.56 bits per heavy atom. The number of nitrogens with zero attached hydrogens (tertiary/aromatic N) is 4. The number of rotatable bonds is 6. The van der Waals surface area contributed by atoms with Gasteiger partial charge in [-0.2, -0.15) is 13.2 Å². The molecule has 0 aliphatic carbocycles. The van der Waals surface area contributed by atoms with Gasteiger partial charge in [-0.25, -0.2) is 15.0 Å². The fourth-order valence-electron chi connectivity index (χ4n) is 4.56. The van der Waals surface area contributed by atoms with Crippen molar-refractivity contribution >= 4 is 17.8 Å². The van der Waals surface area contributed by atoms with Crippen molar-refractivity contribution in [3.63, 3.8) is 0 Å². The number of anilines is 2. The van der Waals surface area contributed by atoms with E-state index in [4.69, 9.17) is 0 Å². The third-order valence-electron chi connectivity index (χ3n) is 6.31. The number of hydrogen-bond donors (Lipinski definition) is 1. The molecule has 0 saturated carbocycles. The van der Waals surface area contributed by atoms with E-state index in [0.29, 0.717) is 35.2 Å². The van der Waals surface area contributed by atoms with Gasteiger partial charge in [0.2, 0.25) is 0 Å². The van der Waals surface area contributed by atoms with Crippen LogP contribution in [0.1, 0.15) is 41.3 Å². The zero-order valence-corrected chi connectivity index (χ0v) is 19.0. The van der Waals surface area contributed by atoms with E-state index in [2.05, 4.69) is 32.1 Å². The van der Waals surface area contributed by atoms with Gasteiger partial charge in [-0.05, 0) is 49.4 Å². The Morgan fingerprint density at radius 2 is 1.91 bits per heavy atom. The summed E-state index contributed by atoms with van der Waals surface area (Å²) in [6.45, 7) is 5.42. The Kier molecular flexibility index (Phi) is 6.81. The number of piperidine rings is 1. The minimum atomic E-state index is -4.42. The number of carbonyl (C=O) groups excluding carboxylic acids is 1. The van der Waals surface area contributed by atoms with E-state index < -0.39 is 11.7 Å². The van der Waals surface area contributed by atoms with Gasteiger partial charge in [-0.1, -0.05) is 19.1 Å². The highest BCUT2D eigenvalue weighted by atomic mass is 19.4. The van der Waals surface area contributed by atoms with E-state index in [-0.39, 0.29) is 6.04 Å². The summed E-state index contributed by atoms with van der Waals surface area (Å²) >= 11 is 0. The van der Waals surface area contributed by atoms with Gasteiger partial charge < -0.3 is 10.2 Å². The fourth-order valence-corrected chi connectivity index (χ4v) is 4.56. The first kappa shape index (κ1) is 23.7. The zero-order valence-electron chi connectivity index (χ0n) is 19.0. The average Bonchev–Trinajstić information content (AvgIpc) is 2.83. The van der Waals surface area contributed by atoms with Crippen molar-refractivity contribution in [2.24, 2.45) is 5.92 Å². The van der Waals surface area contributed by atoms with Gasteiger partial charge in [0.25, 0.3) is 0 Å². The lowest BCUT2D eigenvalue weighted by Crippen LogP contribution is -2.49. The van der Waals surface area contributed by atoms with Crippen molar-refractivity contribution in [1.29, 1.82) is 0 Å². The molecular formula is C25H26F3N5O. The number of aryl methyl sites for hydroxylation is 1. The first-order chi connectivity index (χ1) is 16.3. The summed E-state index contributed by atoms with van der Waals surface area (Å²) in [5.74, 6) is 1.17. The molecule has 3 aromatic rings. The third kappa shape index (κ3) is 4.88. The third-order valence-corrected chi connectivity index (χ3v) is 6.31. The molecule has 0 bridgehead atoms. The van der Waals surface area contributed by atoms with E-state index in [0.717, 1.165) is 49.2 Å². The molecule has 34 heavy (non-hydrogen) atoms. The molecule has 178 valence electrons. The Bertz CT molecular complexity index is 1140. The zero-order chi connectivity index (χ0) is 24.3. The lowest BCUT2D eigenvalue weighted by atomic mass is 9.88. The maximum absolute atomic E-state index is 12.9. The monoisotopic (exact) mass is 469 g/mol. The number of nitrogens with one attached hydrogen (secondary N) is 1. The number of benzene rings is 1. The van der Waals surface area contributed by atoms with Crippen molar-refractivity contribution in [2.45, 2.75) is 38.9 Å². The second-order valence-electron chi connectivity index (χ2n) is 8.58. The standard InChI is InChI=1S/C25H26F3N5O/c1-16-5-3-12-33(20(16)14-32-21-9-8-19(13-31-21)25(26,27)28)23-17(2)6-7-18(15-34)22(23)24-29-10-4-11-30-24/h4,6-11,13,15-16,20H,3,5,12,14H2,1-2H3,(H,31,32). The van der Waals surface area contributed by atoms with Crippen LogP contribution in [0.2, 0.25) is 0 Å². The summed E-state index contributed by atoms with van der Waals surface area (Å²) in [6, 6.07) is 7.84. The first-order valence-electron chi connectivity index (χ1n) is 11.2. The maximum Gasteiger partial charge on any atom is 0.417 e. The number of aldehydes is 1. The number of aromatic nitrogens is 3. The van der Waals surface area contributed by atoms with Crippen LogP contribution in [0.5, 0.6) is 0 Å². The minimum Gasteiger partial charge on any atom is -0.368 e. The van der Waals surface area contributed by atoms with Crippen LogP contribution in [0.15, 0.2) is 48.9 Å². The highest BCUT2D eigenvalue weighted by Gasteiger charge is 2.33. The summed E-state index contributed by atoms with van der Waals surface area (Å²) in [5.41, 5.74) is 2.34. The molecule has 0 radical (unpaired) electrons. The molecule has 1 saturated heterocycles. The number of carbonyl (C=O) groups is 1. The Morgan fingerprint density at radius 1 is 1.15 bits per heavy atom. The van der Waals surface area contributed by atoms with Crippen molar-refractivity contribution < 1.29 is 18.0 Å². The molecule has 1 fully saturated rings. The highest BCUT2D eigenvalue weighted by Crippen LogP contribution is 2.39. The van der Waals surface area contributed by atoms with Crippen LogP contribution in [0.4, 0.5) is 24.7 Å². The van der Waals surface area contributed by atoms with Crippen LogP contribution in [0, 0.1) is 12.8 Å². The van der Waals surface area contributed by atoms with Crippen molar-refractivity contribution in [3.8, 4) is 11.4 Å². The number of pyridine rings is 1. The number of halogens is 3. The van der Waals surface area contributed by atoms with E-state index in [1.165, 1.54) is 6.07 Å². The van der Waals surface area contributed by atoms with E-state index in [1.54, 1.807) is 24.5 Å². The largest absolute Gasteiger partial charge is 0.417 e. The van der Waals surface area contributed by atoms with Gasteiger partial charge in [-0.3, -0.25) is 4.79 Å². The molecule has 2 unspecified atom stereocenters. The number of alkyl halides is 3. The van der Waals surface area contributed by atoms with Gasteiger partial charge in [0, 0.05) is 43.3 Å². The van der Waals surface area contributed by atoms with Crippen LogP contribution in [-0.4, -0.2) is 40.4 Å². The average molecular weight is 470 g/mol. The lowest BCUT2D eigenvalue weighted by molar-refractivity contribution is -0.137. The van der Waals surface area contributed by atoms with Crippen LogP contribution >= 0.6 is 0 Å². The topological polar surface area (TPSA) is 71.0 Å². The summed E-state index contributed by atoms with van der Waals surface area (Å²) in [4.78, 5) is 27.0. The Labute approximate surface area is 196 Å². The lowest BCUT2D eigenvalue weighted by Gasteiger charge is -2.43. The summed E-state index contributed by atoms with van der Waals surface area (Å²) in [6.07, 6.45) is 2.54. The highest BCUT2D eigenvalue weighted by molar-refractivity contribution is 5.93. The maximum atomic E-state index is 12.9. The van der Waals surface area contributed by atoms with Gasteiger partial charge in [0.1, 0.15) is 5.82 Å². The molecule has 3 heterocycles. The molecule has 9 heteroatoms. The van der Waals surface area contributed by atoms with Gasteiger partial charge >= 0.3 is 6.18 Å². The number of hydrogen-bond acceptors (Lipinski definition) is 6. The molecule has 1 aliphatic rings. The fraction of sp³-hybridized carbons (Fsp3) is 0.360.